The van der Waals surface area contributed by atoms with E-state index in [9.17, 15) is 4.79 Å². The number of anilines is 1. The summed E-state index contributed by atoms with van der Waals surface area (Å²) in [5.74, 6) is 0.885. The zero-order valence-corrected chi connectivity index (χ0v) is 22.0. The molecule has 0 saturated heterocycles. The smallest absolute Gasteiger partial charge is 0.221 e. The topological polar surface area (TPSA) is 44.4 Å². The van der Waals surface area contributed by atoms with Gasteiger partial charge in [-0.3, -0.25) is 4.79 Å². The minimum atomic E-state index is 0.0969. The summed E-state index contributed by atoms with van der Waals surface area (Å²) >= 11 is 0. The van der Waals surface area contributed by atoms with Crippen molar-refractivity contribution in [3.8, 4) is 0 Å². The molecule has 4 nitrogen and oxygen atoms in total. The predicted molar refractivity (Wildman–Crippen MR) is 145 cm³/mol. The Morgan fingerprint density at radius 2 is 1.63 bits per heavy atom. The van der Waals surface area contributed by atoms with Gasteiger partial charge >= 0.3 is 0 Å². The Balaban J connectivity index is 1.10. The summed E-state index contributed by atoms with van der Waals surface area (Å²) in [4.78, 5) is 15.4. The molecule has 2 aromatic carbocycles. The van der Waals surface area contributed by atoms with Crippen LogP contribution in [0.4, 0.5) is 5.69 Å². The lowest BCUT2D eigenvalue weighted by molar-refractivity contribution is -0.122. The highest BCUT2D eigenvalue weighted by molar-refractivity contribution is 5.76. The average molecular weight is 474 g/mol. The molecular formula is C31H43N3O. The number of nitrogens with zero attached hydrogens (tertiary/aromatic N) is 1. The molecule has 0 bridgehead atoms. The second-order valence-electron chi connectivity index (χ2n) is 12.1. The Labute approximate surface area is 211 Å². The van der Waals surface area contributed by atoms with Gasteiger partial charge in [-0.05, 0) is 67.1 Å². The van der Waals surface area contributed by atoms with Crippen LogP contribution < -0.4 is 15.5 Å². The number of para-hydroxylation sites is 1. The fraction of sp³-hybridized carbons (Fsp3) is 0.581. The van der Waals surface area contributed by atoms with E-state index < -0.39 is 0 Å². The number of likely N-dealkylation sites (N-methyl/N-ethyl adjacent to an activating group) is 1. The summed E-state index contributed by atoms with van der Waals surface area (Å²) in [5.41, 5.74) is 4.50. The molecule has 1 heterocycles. The molecule has 35 heavy (non-hydrogen) atoms. The van der Waals surface area contributed by atoms with Crippen LogP contribution in [0.3, 0.4) is 0 Å². The molecule has 3 atom stereocenters. The number of benzene rings is 2. The first-order valence-electron chi connectivity index (χ1n) is 13.7. The molecule has 2 aliphatic carbocycles. The molecule has 2 aromatic rings. The normalized spacial score (nSPS) is 31.5. The van der Waals surface area contributed by atoms with Crippen molar-refractivity contribution < 1.29 is 4.79 Å². The molecule has 2 fully saturated rings. The van der Waals surface area contributed by atoms with Gasteiger partial charge in [0.1, 0.15) is 0 Å². The number of hydrogen-bond acceptors (Lipinski definition) is 3. The maximum Gasteiger partial charge on any atom is 0.221 e. The standard InChI is InChI=1S/C31H43N3O/c1-30(2)21-25(20-28-31(30,3)26-12-8-9-13-27(26)34(28)4)33-29(35)18-19-32-24-16-14-23(15-17-24)22-10-6-5-7-11-22/h5-13,23-25,28,32H,14-21H2,1-4H3,(H,33,35)/t23?,24?,25-,28?,31?/m1/s1. The monoisotopic (exact) mass is 473 g/mol. The van der Waals surface area contributed by atoms with Crippen LogP contribution in [0.25, 0.3) is 0 Å². The van der Waals surface area contributed by atoms with E-state index in [-0.39, 0.29) is 22.8 Å². The van der Waals surface area contributed by atoms with Crippen LogP contribution in [0.5, 0.6) is 0 Å². The maximum atomic E-state index is 12.9. The van der Waals surface area contributed by atoms with Gasteiger partial charge in [-0.25, -0.2) is 0 Å². The van der Waals surface area contributed by atoms with Crippen molar-refractivity contribution in [3.63, 3.8) is 0 Å². The van der Waals surface area contributed by atoms with Crippen molar-refractivity contribution >= 4 is 11.6 Å². The average Bonchev–Trinajstić information content (AvgIpc) is 3.08. The molecule has 1 amide bonds. The Hall–Kier alpha value is -2.33. The first-order chi connectivity index (χ1) is 16.8. The van der Waals surface area contributed by atoms with Crippen LogP contribution in [0.15, 0.2) is 54.6 Å². The van der Waals surface area contributed by atoms with E-state index in [0.29, 0.717) is 24.4 Å². The van der Waals surface area contributed by atoms with Gasteiger partial charge in [-0.2, -0.15) is 0 Å². The molecule has 188 valence electrons. The maximum absolute atomic E-state index is 12.9. The highest BCUT2D eigenvalue weighted by Gasteiger charge is 2.58. The van der Waals surface area contributed by atoms with Crippen molar-refractivity contribution in [2.75, 3.05) is 18.5 Å². The molecule has 0 radical (unpaired) electrons. The van der Waals surface area contributed by atoms with Gasteiger partial charge in [-0.1, -0.05) is 69.3 Å². The van der Waals surface area contributed by atoms with E-state index in [4.69, 9.17) is 0 Å². The van der Waals surface area contributed by atoms with E-state index in [2.05, 4.69) is 97.9 Å². The number of carbonyl (C=O) groups excluding carboxylic acids is 1. The number of fused-ring (bicyclic) bond motifs is 3. The van der Waals surface area contributed by atoms with Gasteiger partial charge in [-0.15, -0.1) is 0 Å². The van der Waals surface area contributed by atoms with Crippen LogP contribution >= 0.6 is 0 Å². The number of rotatable bonds is 6. The van der Waals surface area contributed by atoms with Crippen LogP contribution in [-0.4, -0.2) is 37.6 Å². The van der Waals surface area contributed by atoms with E-state index in [0.717, 1.165) is 19.4 Å². The molecule has 0 aromatic heterocycles. The number of amides is 1. The second kappa shape index (κ2) is 9.61. The van der Waals surface area contributed by atoms with Gasteiger partial charge in [0, 0.05) is 49.2 Å². The highest BCUT2D eigenvalue weighted by atomic mass is 16.1. The summed E-state index contributed by atoms with van der Waals surface area (Å²) in [6.45, 7) is 7.99. The Morgan fingerprint density at radius 3 is 2.37 bits per heavy atom. The molecule has 1 aliphatic heterocycles. The SMILES string of the molecule is CN1c2ccccc2C2(C)C1C[C@@H](NC(=O)CCNC1CCC(c3ccccc3)CC1)CC2(C)C. The summed E-state index contributed by atoms with van der Waals surface area (Å²) in [6, 6.07) is 21.0. The van der Waals surface area contributed by atoms with Crippen molar-refractivity contribution in [2.24, 2.45) is 5.41 Å². The third-order valence-corrected chi connectivity index (χ3v) is 9.80. The molecular weight excluding hydrogens is 430 g/mol. The van der Waals surface area contributed by atoms with E-state index in [1.54, 1.807) is 0 Å². The minimum absolute atomic E-state index is 0.0969. The fourth-order valence-corrected chi connectivity index (χ4v) is 7.50. The van der Waals surface area contributed by atoms with Gasteiger partial charge in [0.15, 0.2) is 0 Å². The van der Waals surface area contributed by atoms with Gasteiger partial charge in [0.2, 0.25) is 5.91 Å². The lowest BCUT2D eigenvalue weighted by Crippen LogP contribution is -2.59. The van der Waals surface area contributed by atoms with Gasteiger partial charge < -0.3 is 15.5 Å². The molecule has 2 saturated carbocycles. The molecule has 3 aliphatic rings. The zero-order chi connectivity index (χ0) is 24.6. The van der Waals surface area contributed by atoms with E-state index in [1.807, 2.05) is 0 Å². The largest absolute Gasteiger partial charge is 0.370 e. The highest BCUT2D eigenvalue weighted by Crippen LogP contribution is 2.59. The molecule has 2 N–H and O–H groups in total. The Bertz CT molecular complexity index is 1030. The summed E-state index contributed by atoms with van der Waals surface area (Å²) < 4.78 is 0. The fourth-order valence-electron chi connectivity index (χ4n) is 7.50. The molecule has 5 rings (SSSR count). The van der Waals surface area contributed by atoms with E-state index in [1.165, 1.54) is 42.5 Å². The zero-order valence-electron chi connectivity index (χ0n) is 22.0. The van der Waals surface area contributed by atoms with Crippen molar-refractivity contribution in [1.82, 2.24) is 10.6 Å². The third kappa shape index (κ3) is 4.50. The van der Waals surface area contributed by atoms with Crippen LogP contribution in [-0.2, 0) is 10.2 Å². The molecule has 4 heteroatoms. The lowest BCUT2D eigenvalue weighted by Gasteiger charge is -2.53. The number of carbonyl (C=O) groups is 1. The quantitative estimate of drug-likeness (QED) is 0.559. The summed E-state index contributed by atoms with van der Waals surface area (Å²) in [6.07, 6.45) is 7.46. The summed E-state index contributed by atoms with van der Waals surface area (Å²) in [5, 5.41) is 7.08. The van der Waals surface area contributed by atoms with Gasteiger partial charge in [0.05, 0.1) is 0 Å². The first-order valence-corrected chi connectivity index (χ1v) is 13.7. The minimum Gasteiger partial charge on any atom is -0.370 e. The molecule has 2 unspecified atom stereocenters. The van der Waals surface area contributed by atoms with Crippen molar-refractivity contribution in [3.05, 3.63) is 65.7 Å². The summed E-state index contributed by atoms with van der Waals surface area (Å²) in [7, 11) is 2.23. The van der Waals surface area contributed by atoms with Crippen LogP contribution in [0.1, 0.15) is 82.8 Å². The van der Waals surface area contributed by atoms with Crippen LogP contribution in [0.2, 0.25) is 0 Å². The lowest BCUT2D eigenvalue weighted by atomic mass is 9.54. The second-order valence-corrected chi connectivity index (χ2v) is 12.1. The Morgan fingerprint density at radius 1 is 0.943 bits per heavy atom. The third-order valence-electron chi connectivity index (χ3n) is 9.80. The van der Waals surface area contributed by atoms with Crippen molar-refractivity contribution in [2.45, 2.75) is 95.2 Å². The number of nitrogens with one attached hydrogen (secondary N) is 2. The van der Waals surface area contributed by atoms with E-state index >= 15 is 0 Å². The van der Waals surface area contributed by atoms with Crippen LogP contribution in [0, 0.1) is 5.41 Å². The first kappa shape index (κ1) is 24.4. The van der Waals surface area contributed by atoms with Gasteiger partial charge in [0.25, 0.3) is 0 Å². The Kier molecular flexibility index (Phi) is 6.69. The van der Waals surface area contributed by atoms with Crippen molar-refractivity contribution in [1.29, 1.82) is 0 Å². The predicted octanol–water partition coefficient (Wildman–Crippen LogP) is 5.77. The number of hydrogen-bond donors (Lipinski definition) is 2. The molecule has 0 spiro atoms.